The predicted molar refractivity (Wildman–Crippen MR) is 92.1 cm³/mol. The number of phenolic OH excluding ortho intramolecular Hbond substituents is 1. The highest BCUT2D eigenvalue weighted by atomic mass is 32.2. The minimum absolute atomic E-state index is 0.166. The van der Waals surface area contributed by atoms with E-state index in [0.717, 1.165) is 22.9 Å². The molecule has 2 aromatic rings. The Kier molecular flexibility index (Phi) is 4.14. The summed E-state index contributed by atoms with van der Waals surface area (Å²) in [4.78, 5) is 0. The Morgan fingerprint density at radius 2 is 2.00 bits per heavy atom. The molecule has 0 aromatic heterocycles. The van der Waals surface area contributed by atoms with Crippen molar-refractivity contribution in [3.63, 3.8) is 0 Å². The van der Waals surface area contributed by atoms with Crippen LogP contribution < -0.4 is 5.32 Å². The van der Waals surface area contributed by atoms with Crippen LogP contribution >= 0.6 is 11.8 Å². The lowest BCUT2D eigenvalue weighted by Crippen LogP contribution is -2.44. The SMILES string of the molecule is CSC1(CNC(C)c2ccc3ccccc3c2O)CCC1. The van der Waals surface area contributed by atoms with Crippen LogP contribution in [0.25, 0.3) is 10.8 Å². The molecule has 1 atom stereocenters. The molecule has 0 spiro atoms. The molecule has 0 saturated heterocycles. The summed E-state index contributed by atoms with van der Waals surface area (Å²) in [7, 11) is 0. The van der Waals surface area contributed by atoms with E-state index in [9.17, 15) is 5.11 Å². The van der Waals surface area contributed by atoms with E-state index >= 15 is 0 Å². The molecule has 3 heteroatoms. The molecule has 1 aliphatic rings. The van der Waals surface area contributed by atoms with Crippen LogP contribution in [-0.2, 0) is 0 Å². The fourth-order valence-corrected chi connectivity index (χ4v) is 4.02. The minimum Gasteiger partial charge on any atom is -0.507 e. The quantitative estimate of drug-likeness (QED) is 0.854. The molecular weight excluding hydrogens is 278 g/mol. The lowest BCUT2D eigenvalue weighted by molar-refractivity contribution is 0.332. The summed E-state index contributed by atoms with van der Waals surface area (Å²) in [5.74, 6) is 0.417. The van der Waals surface area contributed by atoms with Crippen LogP contribution in [0.15, 0.2) is 36.4 Å². The topological polar surface area (TPSA) is 32.3 Å². The maximum Gasteiger partial charge on any atom is 0.128 e. The van der Waals surface area contributed by atoms with Gasteiger partial charge in [0, 0.05) is 28.3 Å². The third-order valence-corrected chi connectivity index (χ3v) is 6.25. The molecule has 1 unspecified atom stereocenters. The number of fused-ring (bicyclic) bond motifs is 1. The highest BCUT2D eigenvalue weighted by molar-refractivity contribution is 8.00. The van der Waals surface area contributed by atoms with Crippen molar-refractivity contribution in [2.75, 3.05) is 12.8 Å². The summed E-state index contributed by atoms with van der Waals surface area (Å²) in [6.45, 7) is 3.15. The van der Waals surface area contributed by atoms with Gasteiger partial charge in [0.25, 0.3) is 0 Å². The van der Waals surface area contributed by atoms with Crippen LogP contribution in [0.2, 0.25) is 0 Å². The highest BCUT2D eigenvalue weighted by Gasteiger charge is 2.36. The first kappa shape index (κ1) is 14.7. The zero-order valence-electron chi connectivity index (χ0n) is 12.7. The number of phenols is 1. The summed E-state index contributed by atoms with van der Waals surface area (Å²) in [6, 6.07) is 12.3. The summed E-state index contributed by atoms with van der Waals surface area (Å²) >= 11 is 1.98. The van der Waals surface area contributed by atoms with Crippen molar-refractivity contribution < 1.29 is 5.11 Å². The average Bonchev–Trinajstić information content (AvgIpc) is 2.47. The second-order valence-electron chi connectivity index (χ2n) is 6.07. The number of aromatic hydroxyl groups is 1. The molecule has 3 rings (SSSR count). The van der Waals surface area contributed by atoms with Crippen molar-refractivity contribution in [3.05, 3.63) is 42.0 Å². The summed E-state index contributed by atoms with van der Waals surface area (Å²) in [6.07, 6.45) is 6.16. The van der Waals surface area contributed by atoms with Crippen LogP contribution in [0, 0.1) is 0 Å². The average molecular weight is 301 g/mol. The van der Waals surface area contributed by atoms with Gasteiger partial charge in [0.05, 0.1) is 0 Å². The van der Waals surface area contributed by atoms with E-state index in [1.54, 1.807) is 0 Å². The van der Waals surface area contributed by atoms with Crippen molar-refractivity contribution >= 4 is 22.5 Å². The van der Waals surface area contributed by atoms with Crippen LogP contribution in [0.3, 0.4) is 0 Å². The molecule has 2 N–H and O–H groups in total. The third kappa shape index (κ3) is 2.77. The second kappa shape index (κ2) is 5.90. The normalized spacial score (nSPS) is 18.4. The van der Waals surface area contributed by atoms with Gasteiger partial charge in [0.1, 0.15) is 5.75 Å². The molecule has 21 heavy (non-hydrogen) atoms. The molecule has 0 amide bonds. The van der Waals surface area contributed by atoms with Crippen LogP contribution in [0.1, 0.15) is 37.8 Å². The number of nitrogens with one attached hydrogen (secondary N) is 1. The molecular formula is C18H23NOS. The van der Waals surface area contributed by atoms with E-state index < -0.39 is 0 Å². The van der Waals surface area contributed by atoms with E-state index in [1.165, 1.54) is 19.3 Å². The Morgan fingerprint density at radius 3 is 2.67 bits per heavy atom. The van der Waals surface area contributed by atoms with Gasteiger partial charge in [-0.25, -0.2) is 0 Å². The molecule has 2 aromatic carbocycles. The summed E-state index contributed by atoms with van der Waals surface area (Å²) in [5.41, 5.74) is 0.990. The number of rotatable bonds is 5. The molecule has 0 bridgehead atoms. The molecule has 112 valence electrons. The van der Waals surface area contributed by atoms with E-state index in [2.05, 4.69) is 24.6 Å². The second-order valence-corrected chi connectivity index (χ2v) is 7.34. The van der Waals surface area contributed by atoms with Crippen LogP contribution in [0.5, 0.6) is 5.75 Å². The standard InChI is InChI=1S/C18H23NOS/c1-13(19-12-18(21-2)10-5-11-18)15-9-8-14-6-3-4-7-16(14)17(15)20/h3-4,6-9,13,19-20H,5,10-12H2,1-2H3. The fraction of sp³-hybridized carbons (Fsp3) is 0.444. The van der Waals surface area contributed by atoms with Crippen molar-refractivity contribution in [1.82, 2.24) is 5.32 Å². The van der Waals surface area contributed by atoms with E-state index in [1.807, 2.05) is 42.1 Å². The minimum atomic E-state index is 0.166. The Balaban J connectivity index is 1.78. The van der Waals surface area contributed by atoms with Crippen molar-refractivity contribution in [2.45, 2.75) is 37.0 Å². The van der Waals surface area contributed by atoms with Gasteiger partial charge in [-0.1, -0.05) is 42.8 Å². The van der Waals surface area contributed by atoms with Gasteiger partial charge in [0.15, 0.2) is 0 Å². The Hall–Kier alpha value is -1.19. The molecule has 0 radical (unpaired) electrons. The molecule has 2 nitrogen and oxygen atoms in total. The van der Waals surface area contributed by atoms with E-state index in [-0.39, 0.29) is 6.04 Å². The summed E-state index contributed by atoms with van der Waals surface area (Å²) < 4.78 is 0.417. The van der Waals surface area contributed by atoms with Crippen molar-refractivity contribution in [3.8, 4) is 5.75 Å². The smallest absolute Gasteiger partial charge is 0.128 e. The number of hydrogen-bond acceptors (Lipinski definition) is 3. The highest BCUT2D eigenvalue weighted by Crippen LogP contribution is 2.42. The van der Waals surface area contributed by atoms with E-state index in [4.69, 9.17) is 0 Å². The Bertz CT molecular complexity index is 631. The molecule has 1 aliphatic carbocycles. The third-order valence-electron chi connectivity index (χ3n) is 4.83. The molecule has 1 fully saturated rings. The first-order chi connectivity index (χ1) is 10.2. The van der Waals surface area contributed by atoms with Crippen molar-refractivity contribution in [1.29, 1.82) is 0 Å². The lowest BCUT2D eigenvalue weighted by atomic mass is 9.84. The first-order valence-electron chi connectivity index (χ1n) is 7.64. The van der Waals surface area contributed by atoms with Gasteiger partial charge < -0.3 is 10.4 Å². The monoisotopic (exact) mass is 301 g/mol. The maximum absolute atomic E-state index is 10.5. The largest absolute Gasteiger partial charge is 0.507 e. The van der Waals surface area contributed by atoms with Crippen LogP contribution in [-0.4, -0.2) is 22.7 Å². The molecule has 0 heterocycles. The van der Waals surface area contributed by atoms with Crippen molar-refractivity contribution in [2.24, 2.45) is 0 Å². The fourth-order valence-electron chi connectivity index (χ4n) is 3.09. The van der Waals surface area contributed by atoms with Gasteiger partial charge in [-0.2, -0.15) is 11.8 Å². The van der Waals surface area contributed by atoms with Gasteiger partial charge in [-0.05, 0) is 31.4 Å². The Morgan fingerprint density at radius 1 is 1.24 bits per heavy atom. The first-order valence-corrected chi connectivity index (χ1v) is 8.87. The van der Waals surface area contributed by atoms with Gasteiger partial charge in [0.2, 0.25) is 0 Å². The zero-order chi connectivity index (χ0) is 14.9. The lowest BCUT2D eigenvalue weighted by Gasteiger charge is -2.41. The van der Waals surface area contributed by atoms with E-state index in [0.29, 0.717) is 10.5 Å². The van der Waals surface area contributed by atoms with Gasteiger partial charge in [-0.15, -0.1) is 0 Å². The number of benzene rings is 2. The molecule has 1 saturated carbocycles. The summed E-state index contributed by atoms with van der Waals surface area (Å²) in [5, 5.41) is 16.2. The number of hydrogen-bond donors (Lipinski definition) is 2. The number of thioether (sulfide) groups is 1. The predicted octanol–water partition coefficient (Wildman–Crippen LogP) is 4.48. The maximum atomic E-state index is 10.5. The Labute approximate surface area is 130 Å². The van der Waals surface area contributed by atoms with Gasteiger partial charge in [-0.3, -0.25) is 0 Å². The van der Waals surface area contributed by atoms with Gasteiger partial charge >= 0.3 is 0 Å². The zero-order valence-corrected chi connectivity index (χ0v) is 13.5. The molecule has 0 aliphatic heterocycles. The van der Waals surface area contributed by atoms with Crippen LogP contribution in [0.4, 0.5) is 0 Å².